The van der Waals surface area contributed by atoms with Crippen molar-refractivity contribution < 1.29 is 19.1 Å². The molecule has 1 aromatic carbocycles. The molecule has 0 spiro atoms. The lowest BCUT2D eigenvalue weighted by atomic mass is 10.0. The molecule has 0 saturated carbocycles. The van der Waals surface area contributed by atoms with Crippen molar-refractivity contribution in [1.82, 2.24) is 0 Å². The van der Waals surface area contributed by atoms with E-state index >= 15 is 0 Å². The largest absolute Gasteiger partial charge is 0.481 e. The van der Waals surface area contributed by atoms with Gasteiger partial charge in [0.1, 0.15) is 5.82 Å². The number of allylic oxidation sites excluding steroid dienone is 1. The maximum Gasteiger partial charge on any atom is 0.307 e. The molecule has 4 heteroatoms. The molecule has 0 fully saturated rings. The lowest BCUT2D eigenvalue weighted by Gasteiger charge is -2.00. The zero-order valence-electron chi connectivity index (χ0n) is 8.74. The molecule has 16 heavy (non-hydrogen) atoms. The van der Waals surface area contributed by atoms with Crippen molar-refractivity contribution in [2.24, 2.45) is 0 Å². The van der Waals surface area contributed by atoms with E-state index in [0.29, 0.717) is 11.1 Å². The van der Waals surface area contributed by atoms with E-state index in [1.165, 1.54) is 37.3 Å². The summed E-state index contributed by atoms with van der Waals surface area (Å²) < 4.78 is 12.6. The fourth-order valence-corrected chi connectivity index (χ4v) is 1.16. The number of carbonyl (C=O) groups is 2. The van der Waals surface area contributed by atoms with E-state index in [1.54, 1.807) is 0 Å². The molecule has 84 valence electrons. The molecule has 0 aliphatic heterocycles. The number of carboxylic acids is 1. The van der Waals surface area contributed by atoms with Gasteiger partial charge >= 0.3 is 5.97 Å². The van der Waals surface area contributed by atoms with Crippen molar-refractivity contribution in [1.29, 1.82) is 0 Å². The highest BCUT2D eigenvalue weighted by Crippen LogP contribution is 2.09. The average molecular weight is 222 g/mol. The number of carbonyl (C=O) groups excluding carboxylic acids is 1. The molecular formula is C12H11FO3. The molecule has 0 amide bonds. The van der Waals surface area contributed by atoms with Gasteiger partial charge in [-0.3, -0.25) is 9.59 Å². The molecule has 1 N–H and O–H groups in total. The average Bonchev–Trinajstić information content (AvgIpc) is 2.26. The third kappa shape index (κ3) is 3.31. The van der Waals surface area contributed by atoms with E-state index in [4.69, 9.17) is 5.11 Å². The Balaban J connectivity index is 2.81. The highest BCUT2D eigenvalue weighted by molar-refractivity contribution is 6.08. The lowest BCUT2D eigenvalue weighted by molar-refractivity contribution is -0.136. The number of ketones is 1. The van der Waals surface area contributed by atoms with Gasteiger partial charge in [-0.05, 0) is 36.8 Å². The van der Waals surface area contributed by atoms with E-state index in [1.807, 2.05) is 0 Å². The highest BCUT2D eigenvalue weighted by Gasteiger charge is 2.08. The van der Waals surface area contributed by atoms with E-state index in [9.17, 15) is 14.0 Å². The number of hydrogen-bond acceptors (Lipinski definition) is 2. The maximum atomic E-state index is 12.6. The lowest BCUT2D eigenvalue weighted by Crippen LogP contribution is -2.02. The molecule has 0 saturated heterocycles. The minimum absolute atomic E-state index is 0.196. The molecule has 0 heterocycles. The maximum absolute atomic E-state index is 12.6. The summed E-state index contributed by atoms with van der Waals surface area (Å²) in [6.07, 6.45) is 1.15. The van der Waals surface area contributed by atoms with Gasteiger partial charge in [-0.2, -0.15) is 0 Å². The first-order valence-electron chi connectivity index (χ1n) is 4.69. The highest BCUT2D eigenvalue weighted by atomic mass is 19.1. The zero-order chi connectivity index (χ0) is 12.1. The fraction of sp³-hybridized carbons (Fsp3) is 0.167. The smallest absolute Gasteiger partial charge is 0.307 e. The van der Waals surface area contributed by atoms with Crippen LogP contribution < -0.4 is 0 Å². The molecule has 0 aliphatic rings. The van der Waals surface area contributed by atoms with Crippen LogP contribution >= 0.6 is 0 Å². The summed E-state index contributed by atoms with van der Waals surface area (Å²) in [5, 5.41) is 8.45. The normalized spacial score (nSPS) is 11.2. The number of aliphatic carboxylic acids is 1. The van der Waals surface area contributed by atoms with Crippen molar-refractivity contribution in [3.05, 3.63) is 47.3 Å². The topological polar surface area (TPSA) is 54.4 Å². The molecule has 0 aliphatic carbocycles. The number of halogens is 1. The second kappa shape index (κ2) is 5.21. The Morgan fingerprint density at radius 3 is 2.38 bits per heavy atom. The van der Waals surface area contributed by atoms with Gasteiger partial charge in [-0.1, -0.05) is 6.08 Å². The van der Waals surface area contributed by atoms with Crippen LogP contribution in [0.15, 0.2) is 35.9 Å². The summed E-state index contributed by atoms with van der Waals surface area (Å²) in [5.41, 5.74) is 0.689. The summed E-state index contributed by atoms with van der Waals surface area (Å²) in [6.45, 7) is 1.54. The summed E-state index contributed by atoms with van der Waals surface area (Å²) in [6, 6.07) is 5.13. The van der Waals surface area contributed by atoms with Gasteiger partial charge in [0.15, 0.2) is 5.78 Å². The Morgan fingerprint density at radius 1 is 1.31 bits per heavy atom. The van der Waals surface area contributed by atoms with Crippen LogP contribution in [0.25, 0.3) is 0 Å². The monoisotopic (exact) mass is 222 g/mol. The summed E-state index contributed by atoms with van der Waals surface area (Å²) >= 11 is 0. The molecular weight excluding hydrogens is 211 g/mol. The third-order valence-corrected chi connectivity index (χ3v) is 2.05. The first-order chi connectivity index (χ1) is 7.50. The second-order valence-electron chi connectivity index (χ2n) is 3.32. The summed E-state index contributed by atoms with van der Waals surface area (Å²) in [7, 11) is 0. The number of benzene rings is 1. The van der Waals surface area contributed by atoms with E-state index in [-0.39, 0.29) is 12.2 Å². The zero-order valence-corrected chi connectivity index (χ0v) is 8.74. The SMILES string of the molecule is C/C(=C/CC(=O)O)C(=O)c1ccc(F)cc1. The van der Waals surface area contributed by atoms with Crippen molar-refractivity contribution >= 4 is 11.8 Å². The minimum Gasteiger partial charge on any atom is -0.481 e. The molecule has 0 atom stereocenters. The molecule has 0 radical (unpaired) electrons. The van der Waals surface area contributed by atoms with Gasteiger partial charge in [0, 0.05) is 5.56 Å². The molecule has 0 bridgehead atoms. The van der Waals surface area contributed by atoms with Gasteiger partial charge in [0.25, 0.3) is 0 Å². The standard InChI is InChI=1S/C12H11FO3/c1-8(2-7-11(14)15)12(16)9-3-5-10(13)6-4-9/h2-6H,7H2,1H3,(H,14,15)/b8-2-. The van der Waals surface area contributed by atoms with Gasteiger partial charge < -0.3 is 5.11 Å². The van der Waals surface area contributed by atoms with Crippen LogP contribution in [-0.2, 0) is 4.79 Å². The number of hydrogen-bond donors (Lipinski definition) is 1. The minimum atomic E-state index is -0.994. The Kier molecular flexibility index (Phi) is 3.94. The van der Waals surface area contributed by atoms with Gasteiger partial charge in [0.2, 0.25) is 0 Å². The van der Waals surface area contributed by atoms with E-state index in [0.717, 1.165) is 0 Å². The van der Waals surface area contributed by atoms with Crippen molar-refractivity contribution in [2.45, 2.75) is 13.3 Å². The Hall–Kier alpha value is -1.97. The summed E-state index contributed by atoms with van der Waals surface area (Å²) in [5.74, 6) is -1.70. The second-order valence-corrected chi connectivity index (χ2v) is 3.32. The fourth-order valence-electron chi connectivity index (χ4n) is 1.16. The molecule has 1 aromatic rings. The van der Waals surface area contributed by atoms with Crippen LogP contribution in [0.2, 0.25) is 0 Å². The Bertz CT molecular complexity index is 432. The Labute approximate surface area is 92.2 Å². The van der Waals surface area contributed by atoms with E-state index in [2.05, 4.69) is 0 Å². The van der Waals surface area contributed by atoms with Crippen LogP contribution in [0.1, 0.15) is 23.7 Å². The summed E-state index contributed by atoms with van der Waals surface area (Å²) in [4.78, 5) is 22.0. The van der Waals surface area contributed by atoms with Gasteiger partial charge in [-0.25, -0.2) is 4.39 Å². The van der Waals surface area contributed by atoms with Crippen LogP contribution in [0, 0.1) is 5.82 Å². The molecule has 0 aromatic heterocycles. The first-order valence-corrected chi connectivity index (χ1v) is 4.69. The van der Waals surface area contributed by atoms with Crippen LogP contribution in [-0.4, -0.2) is 16.9 Å². The van der Waals surface area contributed by atoms with Crippen molar-refractivity contribution in [2.75, 3.05) is 0 Å². The quantitative estimate of drug-likeness (QED) is 0.628. The molecule has 3 nitrogen and oxygen atoms in total. The number of Topliss-reactive ketones (excluding diaryl/α,β-unsaturated/α-hetero) is 1. The van der Waals surface area contributed by atoms with Gasteiger partial charge in [-0.15, -0.1) is 0 Å². The van der Waals surface area contributed by atoms with Crippen molar-refractivity contribution in [3.63, 3.8) is 0 Å². The predicted molar refractivity (Wildman–Crippen MR) is 56.7 cm³/mol. The first kappa shape index (κ1) is 12.1. The van der Waals surface area contributed by atoms with E-state index < -0.39 is 11.8 Å². The Morgan fingerprint density at radius 2 is 1.88 bits per heavy atom. The van der Waals surface area contributed by atoms with Crippen LogP contribution in [0.4, 0.5) is 4.39 Å². The van der Waals surface area contributed by atoms with Crippen LogP contribution in [0.3, 0.4) is 0 Å². The van der Waals surface area contributed by atoms with Gasteiger partial charge in [0.05, 0.1) is 6.42 Å². The van der Waals surface area contributed by atoms with Crippen molar-refractivity contribution in [3.8, 4) is 0 Å². The molecule has 0 unspecified atom stereocenters. The third-order valence-electron chi connectivity index (χ3n) is 2.05. The predicted octanol–water partition coefficient (Wildman–Crippen LogP) is 2.43. The van der Waals surface area contributed by atoms with Crippen LogP contribution in [0.5, 0.6) is 0 Å². The number of carboxylic acid groups (broad SMARTS) is 1. The molecule has 1 rings (SSSR count). The number of rotatable bonds is 4.